The van der Waals surface area contributed by atoms with Gasteiger partial charge < -0.3 is 9.52 Å². The number of oxazole rings is 1. The molecule has 1 heterocycles. The molecule has 0 saturated carbocycles. The molecule has 5 nitrogen and oxygen atoms in total. The molecule has 1 N–H and O–H groups in total. The highest BCUT2D eigenvalue weighted by Gasteiger charge is 2.19. The number of carboxylic acid groups (broad SMARTS) is 1. The molecule has 0 radical (unpaired) electrons. The Morgan fingerprint density at radius 2 is 2.14 bits per heavy atom. The largest absolute Gasteiger partial charge is 0.475 e. The highest BCUT2D eigenvalue weighted by Crippen LogP contribution is 2.17. The van der Waals surface area contributed by atoms with Crippen LogP contribution in [0.1, 0.15) is 10.4 Å². The fraction of sp³-hybridized carbons (Fsp3) is 0. The van der Waals surface area contributed by atoms with Crippen molar-refractivity contribution in [1.29, 1.82) is 0 Å². The number of carbonyl (C=O) groups excluding carboxylic acids is 1. The number of carboxylic acids is 1. The molecule has 0 aliphatic rings. The van der Waals surface area contributed by atoms with Gasteiger partial charge >= 0.3 is 5.97 Å². The zero-order chi connectivity index (χ0) is 10.1. The van der Waals surface area contributed by atoms with E-state index in [1.54, 1.807) is 12.1 Å². The van der Waals surface area contributed by atoms with Crippen LogP contribution in [0, 0.1) is 0 Å². The molecular weight excluding hydrogens is 186 g/mol. The van der Waals surface area contributed by atoms with Crippen molar-refractivity contribution in [3.8, 4) is 0 Å². The van der Waals surface area contributed by atoms with Crippen molar-refractivity contribution in [2.45, 2.75) is 0 Å². The van der Waals surface area contributed by atoms with Crippen molar-refractivity contribution in [3.05, 3.63) is 30.2 Å². The predicted molar refractivity (Wildman–Crippen MR) is 46.0 cm³/mol. The molecule has 5 heteroatoms. The van der Waals surface area contributed by atoms with E-state index < -0.39 is 11.8 Å². The van der Waals surface area contributed by atoms with Gasteiger partial charge in [-0.3, -0.25) is 4.79 Å². The molecule has 0 saturated heterocycles. The first-order valence-electron chi connectivity index (χ1n) is 3.80. The Hall–Kier alpha value is -2.17. The summed E-state index contributed by atoms with van der Waals surface area (Å²) in [6.07, 6.45) is 1.17. The Kier molecular flexibility index (Phi) is 1.78. The summed E-state index contributed by atoms with van der Waals surface area (Å²) in [5.74, 6) is -2.50. The summed E-state index contributed by atoms with van der Waals surface area (Å²) in [6, 6.07) is 4.59. The van der Waals surface area contributed by atoms with Gasteiger partial charge in [0.2, 0.25) is 0 Å². The van der Waals surface area contributed by atoms with Crippen molar-refractivity contribution in [3.63, 3.8) is 0 Å². The molecule has 70 valence electrons. The van der Waals surface area contributed by atoms with Gasteiger partial charge in [0.1, 0.15) is 5.52 Å². The number of hydrogen-bond donors (Lipinski definition) is 1. The number of Topliss-reactive ketones (excluding diaryl/α,β-unsaturated/α-hetero) is 1. The van der Waals surface area contributed by atoms with Gasteiger partial charge in [-0.25, -0.2) is 9.78 Å². The number of aromatic nitrogens is 1. The minimum Gasteiger partial charge on any atom is -0.475 e. The molecule has 2 aromatic rings. The summed E-state index contributed by atoms with van der Waals surface area (Å²) >= 11 is 0. The maximum absolute atomic E-state index is 11.2. The zero-order valence-corrected chi connectivity index (χ0v) is 6.93. The highest BCUT2D eigenvalue weighted by molar-refractivity contribution is 6.41. The summed E-state index contributed by atoms with van der Waals surface area (Å²) in [4.78, 5) is 25.4. The third kappa shape index (κ3) is 1.15. The summed E-state index contributed by atoms with van der Waals surface area (Å²) < 4.78 is 4.93. The van der Waals surface area contributed by atoms with E-state index in [0.717, 1.165) is 0 Å². The predicted octanol–water partition coefficient (Wildman–Crippen LogP) is 1.10. The number of fused-ring (bicyclic) bond motifs is 1. The van der Waals surface area contributed by atoms with Crippen molar-refractivity contribution < 1.29 is 19.1 Å². The van der Waals surface area contributed by atoms with E-state index >= 15 is 0 Å². The Bertz CT molecular complexity index is 514. The number of benzene rings is 1. The topological polar surface area (TPSA) is 80.4 Å². The number of carbonyl (C=O) groups is 2. The number of hydrogen-bond acceptors (Lipinski definition) is 4. The van der Waals surface area contributed by atoms with E-state index in [4.69, 9.17) is 9.52 Å². The van der Waals surface area contributed by atoms with E-state index in [2.05, 4.69) is 4.98 Å². The first kappa shape index (κ1) is 8.43. The molecule has 0 aliphatic heterocycles. The standard InChI is InChI=1S/C9H5NO4/c11-7(9(12)13)5-2-1-3-6-8(5)14-4-10-6/h1-4H,(H,12,13). The van der Waals surface area contributed by atoms with Crippen LogP contribution in [0.3, 0.4) is 0 Å². The van der Waals surface area contributed by atoms with E-state index in [0.29, 0.717) is 5.52 Å². The monoisotopic (exact) mass is 191 g/mol. The van der Waals surface area contributed by atoms with Crippen LogP contribution < -0.4 is 0 Å². The zero-order valence-electron chi connectivity index (χ0n) is 6.93. The van der Waals surface area contributed by atoms with E-state index in [-0.39, 0.29) is 11.1 Å². The average molecular weight is 191 g/mol. The molecule has 1 aromatic heterocycles. The van der Waals surface area contributed by atoms with Crippen LogP contribution in [-0.4, -0.2) is 21.8 Å². The minimum atomic E-state index is -1.51. The maximum Gasteiger partial charge on any atom is 0.377 e. The van der Waals surface area contributed by atoms with Crippen LogP contribution >= 0.6 is 0 Å². The van der Waals surface area contributed by atoms with Crippen LogP contribution in [-0.2, 0) is 4.79 Å². The molecule has 0 spiro atoms. The number of ketones is 1. The second-order valence-electron chi connectivity index (χ2n) is 2.64. The number of nitrogens with zero attached hydrogens (tertiary/aromatic N) is 1. The second-order valence-corrected chi connectivity index (χ2v) is 2.64. The summed E-state index contributed by atoms with van der Waals surface area (Å²) in [5.41, 5.74) is 0.699. The van der Waals surface area contributed by atoms with Crippen LogP contribution in [0.5, 0.6) is 0 Å². The lowest BCUT2D eigenvalue weighted by Crippen LogP contribution is -2.12. The highest BCUT2D eigenvalue weighted by atomic mass is 16.4. The van der Waals surface area contributed by atoms with Gasteiger partial charge in [0, 0.05) is 0 Å². The first-order valence-corrected chi connectivity index (χ1v) is 3.80. The molecule has 0 unspecified atom stereocenters. The van der Waals surface area contributed by atoms with E-state index in [1.807, 2.05) is 0 Å². The van der Waals surface area contributed by atoms with Gasteiger partial charge in [0.25, 0.3) is 5.78 Å². The minimum absolute atomic E-state index is 0.0208. The summed E-state index contributed by atoms with van der Waals surface area (Å²) in [7, 11) is 0. The van der Waals surface area contributed by atoms with Gasteiger partial charge in [0.15, 0.2) is 12.0 Å². The molecule has 0 aliphatic carbocycles. The molecule has 0 atom stereocenters. The quantitative estimate of drug-likeness (QED) is 0.567. The van der Waals surface area contributed by atoms with Gasteiger partial charge in [-0.2, -0.15) is 0 Å². The number of para-hydroxylation sites is 1. The Morgan fingerprint density at radius 1 is 1.36 bits per heavy atom. The first-order chi connectivity index (χ1) is 6.70. The molecule has 0 fully saturated rings. The SMILES string of the molecule is O=C(O)C(=O)c1cccc2ncoc12. The average Bonchev–Trinajstić information content (AvgIpc) is 2.63. The fourth-order valence-corrected chi connectivity index (χ4v) is 1.18. The summed E-state index contributed by atoms with van der Waals surface area (Å²) in [6.45, 7) is 0. The Labute approximate surface area is 78.0 Å². The van der Waals surface area contributed by atoms with Gasteiger partial charge in [-0.1, -0.05) is 6.07 Å². The molecule has 0 bridgehead atoms. The van der Waals surface area contributed by atoms with Crippen LogP contribution in [0.2, 0.25) is 0 Å². The number of rotatable bonds is 2. The third-order valence-electron chi connectivity index (χ3n) is 1.80. The van der Waals surface area contributed by atoms with Crippen molar-refractivity contribution in [2.75, 3.05) is 0 Å². The van der Waals surface area contributed by atoms with E-state index in [9.17, 15) is 9.59 Å². The smallest absolute Gasteiger partial charge is 0.377 e. The lowest BCUT2D eigenvalue weighted by molar-refractivity contribution is -0.131. The maximum atomic E-state index is 11.2. The van der Waals surface area contributed by atoms with E-state index in [1.165, 1.54) is 12.5 Å². The van der Waals surface area contributed by atoms with Crippen LogP contribution in [0.4, 0.5) is 0 Å². The fourth-order valence-electron chi connectivity index (χ4n) is 1.18. The van der Waals surface area contributed by atoms with Crippen LogP contribution in [0.25, 0.3) is 11.1 Å². The third-order valence-corrected chi connectivity index (χ3v) is 1.80. The molecular formula is C9H5NO4. The van der Waals surface area contributed by atoms with Crippen molar-refractivity contribution in [2.24, 2.45) is 0 Å². The normalized spacial score (nSPS) is 10.3. The Morgan fingerprint density at radius 3 is 2.86 bits per heavy atom. The summed E-state index contributed by atoms with van der Waals surface area (Å²) in [5, 5.41) is 8.52. The molecule has 2 rings (SSSR count). The second kappa shape index (κ2) is 2.95. The lowest BCUT2D eigenvalue weighted by Gasteiger charge is -1.95. The molecule has 14 heavy (non-hydrogen) atoms. The lowest BCUT2D eigenvalue weighted by atomic mass is 10.1. The van der Waals surface area contributed by atoms with Gasteiger partial charge in [0.05, 0.1) is 5.56 Å². The van der Waals surface area contributed by atoms with Gasteiger partial charge in [-0.15, -0.1) is 0 Å². The number of aliphatic carboxylic acids is 1. The molecule has 1 aromatic carbocycles. The van der Waals surface area contributed by atoms with Crippen molar-refractivity contribution >= 4 is 22.9 Å². The Balaban J connectivity index is 2.67. The van der Waals surface area contributed by atoms with Crippen LogP contribution in [0.15, 0.2) is 29.0 Å². The van der Waals surface area contributed by atoms with Crippen molar-refractivity contribution in [1.82, 2.24) is 4.98 Å². The van der Waals surface area contributed by atoms with Gasteiger partial charge in [-0.05, 0) is 12.1 Å². The molecule has 0 amide bonds.